The van der Waals surface area contributed by atoms with Crippen molar-refractivity contribution in [3.63, 3.8) is 0 Å². The van der Waals surface area contributed by atoms with Crippen molar-refractivity contribution in [2.24, 2.45) is 4.99 Å². The molecule has 0 saturated heterocycles. The van der Waals surface area contributed by atoms with E-state index in [2.05, 4.69) is 10.6 Å². The fraction of sp³-hybridized carbons (Fsp3) is 0.303. The monoisotopic (exact) mass is 584 g/mol. The van der Waals surface area contributed by atoms with Crippen LogP contribution >= 0.6 is 0 Å². The molecule has 0 aliphatic carbocycles. The number of aliphatic imine (C=N–C) groups is 1. The number of fused-ring (bicyclic) bond motifs is 1. The Labute approximate surface area is 251 Å². The predicted molar refractivity (Wildman–Crippen MR) is 163 cm³/mol. The molecule has 1 heterocycles. The second kappa shape index (κ2) is 13.8. The zero-order valence-electron chi connectivity index (χ0n) is 24.7. The summed E-state index contributed by atoms with van der Waals surface area (Å²) in [5.41, 5.74) is 2.51. The Morgan fingerprint density at radius 1 is 0.930 bits per heavy atom. The van der Waals surface area contributed by atoms with Crippen LogP contribution in [0.2, 0.25) is 0 Å². The van der Waals surface area contributed by atoms with Gasteiger partial charge in [-0.05, 0) is 32.4 Å². The van der Waals surface area contributed by atoms with E-state index in [9.17, 15) is 19.2 Å². The van der Waals surface area contributed by atoms with Gasteiger partial charge in [0, 0.05) is 24.5 Å². The first-order chi connectivity index (χ1) is 20.5. The molecule has 2 atom stereocenters. The first-order valence-corrected chi connectivity index (χ1v) is 14.0. The number of hydrogen-bond donors (Lipinski definition) is 2. The van der Waals surface area contributed by atoms with Gasteiger partial charge in [0.1, 0.15) is 18.2 Å². The van der Waals surface area contributed by atoms with Gasteiger partial charge in [0.25, 0.3) is 5.91 Å². The maximum atomic E-state index is 14.0. The zero-order valence-corrected chi connectivity index (χ0v) is 24.7. The number of carbonyl (C=O) groups excluding carboxylic acids is 4. The van der Waals surface area contributed by atoms with E-state index in [1.165, 1.54) is 11.8 Å². The van der Waals surface area contributed by atoms with Gasteiger partial charge in [-0.25, -0.2) is 9.79 Å². The van der Waals surface area contributed by atoms with Gasteiger partial charge in [-0.1, -0.05) is 78.9 Å². The number of benzodiazepines with no additional fused rings is 1. The van der Waals surface area contributed by atoms with Gasteiger partial charge in [-0.2, -0.15) is 0 Å². The van der Waals surface area contributed by atoms with Gasteiger partial charge in [0.05, 0.1) is 17.9 Å². The highest BCUT2D eigenvalue weighted by Crippen LogP contribution is 2.28. The number of para-hydroxylation sites is 1. The average Bonchev–Trinajstić information content (AvgIpc) is 3.07. The Hall–Kier alpha value is -4.99. The van der Waals surface area contributed by atoms with Crippen LogP contribution in [0.3, 0.4) is 0 Å². The van der Waals surface area contributed by atoms with Crippen LogP contribution < -0.4 is 15.5 Å². The molecule has 3 aromatic rings. The number of hydrogen-bond acceptors (Lipinski definition) is 7. The second-order valence-electron chi connectivity index (χ2n) is 11.0. The summed E-state index contributed by atoms with van der Waals surface area (Å²) in [5.74, 6) is -1.61. The Balaban J connectivity index is 1.71. The van der Waals surface area contributed by atoms with Crippen LogP contribution in [0, 0.1) is 0 Å². The summed E-state index contributed by atoms with van der Waals surface area (Å²) in [7, 11) is 0. The number of carbonyl (C=O) groups is 4. The van der Waals surface area contributed by atoms with Gasteiger partial charge < -0.3 is 25.0 Å². The number of rotatable bonds is 9. The Morgan fingerprint density at radius 2 is 1.56 bits per heavy atom. The maximum Gasteiger partial charge on any atom is 0.408 e. The third kappa shape index (κ3) is 8.51. The minimum Gasteiger partial charge on any atom is -0.464 e. The first kappa shape index (κ1) is 31.0. The summed E-state index contributed by atoms with van der Waals surface area (Å²) in [4.78, 5) is 58.3. The molecular formula is C33H36N4O6. The summed E-state index contributed by atoms with van der Waals surface area (Å²) in [6.45, 7) is 6.47. The standard InChI is InChI=1S/C33H36N4O6/c1-22(38)42-20-19-37-27-18-12-11-17-25(27)28(24-15-9-6-10-16-24)35-29(31(37)40)36-30(39)26(21-23-13-7-5-8-14-23)34-32(41)43-33(2,3)4/h5-18,26,29H,19-21H2,1-4H3,(H,34,41)(H,36,39)/t26-,29+/m0/s1. The number of nitrogens with zero attached hydrogens (tertiary/aromatic N) is 2. The molecule has 0 spiro atoms. The molecule has 3 amide bonds. The number of alkyl carbamates (subject to hydrolysis) is 1. The highest BCUT2D eigenvalue weighted by molar-refractivity contribution is 6.20. The van der Waals surface area contributed by atoms with E-state index in [0.29, 0.717) is 17.0 Å². The Morgan fingerprint density at radius 3 is 2.21 bits per heavy atom. The number of esters is 1. The van der Waals surface area contributed by atoms with Crippen molar-refractivity contribution in [2.45, 2.75) is 51.9 Å². The van der Waals surface area contributed by atoms with Crippen molar-refractivity contribution in [3.8, 4) is 0 Å². The summed E-state index contributed by atoms with van der Waals surface area (Å²) >= 11 is 0. The van der Waals surface area contributed by atoms with Crippen LogP contribution in [-0.4, -0.2) is 60.5 Å². The number of nitrogens with one attached hydrogen (secondary N) is 2. The van der Waals surface area contributed by atoms with Gasteiger partial charge >= 0.3 is 12.1 Å². The summed E-state index contributed by atoms with van der Waals surface area (Å²) < 4.78 is 10.6. The molecule has 0 fully saturated rings. The first-order valence-electron chi connectivity index (χ1n) is 14.0. The maximum absolute atomic E-state index is 14.0. The number of ether oxygens (including phenoxy) is 2. The molecule has 10 nitrogen and oxygen atoms in total. The second-order valence-corrected chi connectivity index (χ2v) is 11.0. The molecule has 2 N–H and O–H groups in total. The fourth-order valence-electron chi connectivity index (χ4n) is 4.61. The molecular weight excluding hydrogens is 548 g/mol. The van der Waals surface area contributed by atoms with E-state index >= 15 is 0 Å². The molecule has 224 valence electrons. The predicted octanol–water partition coefficient (Wildman–Crippen LogP) is 4.01. The molecule has 1 aliphatic rings. The molecule has 0 aromatic heterocycles. The summed E-state index contributed by atoms with van der Waals surface area (Å²) in [5, 5.41) is 5.42. The van der Waals surface area contributed by atoms with Crippen LogP contribution in [0.1, 0.15) is 44.4 Å². The van der Waals surface area contributed by atoms with Crippen molar-refractivity contribution in [1.29, 1.82) is 0 Å². The molecule has 0 bridgehead atoms. The summed E-state index contributed by atoms with van der Waals surface area (Å²) in [6, 6.07) is 24.7. The number of anilines is 1. The van der Waals surface area contributed by atoms with E-state index in [-0.39, 0.29) is 19.6 Å². The van der Waals surface area contributed by atoms with E-state index in [0.717, 1.165) is 11.1 Å². The SMILES string of the molecule is CC(=O)OCCN1C(=O)[C@@H](NC(=O)[C@H](Cc2ccccc2)NC(=O)OC(C)(C)C)N=C(c2ccccc2)c2ccccc21. The van der Waals surface area contributed by atoms with Crippen LogP contribution in [0.25, 0.3) is 0 Å². The lowest BCUT2D eigenvalue weighted by molar-refractivity contribution is -0.141. The van der Waals surface area contributed by atoms with Crippen LogP contribution in [0.15, 0.2) is 89.9 Å². The van der Waals surface area contributed by atoms with Gasteiger partial charge in [0.2, 0.25) is 12.1 Å². The minimum absolute atomic E-state index is 0.0446. The normalized spacial score (nSPS) is 15.3. The largest absolute Gasteiger partial charge is 0.464 e. The van der Waals surface area contributed by atoms with Gasteiger partial charge in [0.15, 0.2) is 0 Å². The van der Waals surface area contributed by atoms with Gasteiger partial charge in [-0.15, -0.1) is 0 Å². The molecule has 0 unspecified atom stereocenters. The van der Waals surface area contributed by atoms with Crippen LogP contribution in [0.4, 0.5) is 10.5 Å². The quantitative estimate of drug-likeness (QED) is 0.366. The van der Waals surface area contributed by atoms with E-state index in [1.807, 2.05) is 72.8 Å². The van der Waals surface area contributed by atoms with Crippen molar-refractivity contribution in [2.75, 3.05) is 18.1 Å². The van der Waals surface area contributed by atoms with E-state index < -0.39 is 41.7 Å². The van der Waals surface area contributed by atoms with Gasteiger partial charge in [-0.3, -0.25) is 14.4 Å². The Bertz CT molecular complexity index is 1480. The molecule has 10 heteroatoms. The highest BCUT2D eigenvalue weighted by Gasteiger charge is 2.35. The lowest BCUT2D eigenvalue weighted by atomic mass is 10.0. The van der Waals surface area contributed by atoms with Crippen LogP contribution in [-0.2, 0) is 30.3 Å². The van der Waals surface area contributed by atoms with E-state index in [4.69, 9.17) is 14.5 Å². The lowest BCUT2D eigenvalue weighted by Crippen LogP contribution is -2.55. The average molecular weight is 585 g/mol. The molecule has 43 heavy (non-hydrogen) atoms. The Kier molecular flexibility index (Phi) is 9.92. The lowest BCUT2D eigenvalue weighted by Gasteiger charge is -2.27. The molecule has 0 radical (unpaired) electrons. The molecule has 0 saturated carbocycles. The van der Waals surface area contributed by atoms with Crippen molar-refractivity contribution in [3.05, 3.63) is 102 Å². The van der Waals surface area contributed by atoms with Crippen molar-refractivity contribution < 1.29 is 28.7 Å². The highest BCUT2D eigenvalue weighted by atomic mass is 16.6. The third-order valence-electron chi connectivity index (χ3n) is 6.44. The molecule has 4 rings (SSSR count). The zero-order chi connectivity index (χ0) is 31.0. The molecule has 1 aliphatic heterocycles. The molecule has 3 aromatic carbocycles. The number of amides is 3. The summed E-state index contributed by atoms with van der Waals surface area (Å²) in [6.07, 6.45) is -1.95. The topological polar surface area (TPSA) is 126 Å². The third-order valence-corrected chi connectivity index (χ3v) is 6.44. The fourth-order valence-corrected chi connectivity index (χ4v) is 4.61. The van der Waals surface area contributed by atoms with Crippen molar-refractivity contribution >= 4 is 35.3 Å². The minimum atomic E-state index is -1.34. The van der Waals surface area contributed by atoms with Crippen LogP contribution in [0.5, 0.6) is 0 Å². The van der Waals surface area contributed by atoms with E-state index in [1.54, 1.807) is 32.9 Å². The van der Waals surface area contributed by atoms with Crippen molar-refractivity contribution in [1.82, 2.24) is 10.6 Å². The number of benzene rings is 3. The smallest absolute Gasteiger partial charge is 0.408 e.